The molecule has 14 nitrogen and oxygen atoms in total. The summed E-state index contributed by atoms with van der Waals surface area (Å²) < 4.78 is 20.9. The maximum atomic E-state index is 15.6. The molecule has 430 valence electrons. The first-order valence-electron chi connectivity index (χ1n) is 29.6. The topological polar surface area (TPSA) is 182 Å². The van der Waals surface area contributed by atoms with Crippen LogP contribution in [0.5, 0.6) is 11.5 Å². The maximum absolute atomic E-state index is 15.6. The summed E-state index contributed by atoms with van der Waals surface area (Å²) in [5, 5.41) is 41.9. The highest BCUT2D eigenvalue weighted by atomic mass is 16.7. The number of carbonyl (C=O) groups excluding carboxylic acids is 2. The number of oxime groups is 1. The summed E-state index contributed by atoms with van der Waals surface area (Å²) in [4.78, 5) is 48.5. The molecule has 6 atom stereocenters. The number of nitrogens with zero attached hydrogens (tertiary/aromatic N) is 3. The van der Waals surface area contributed by atoms with Crippen LogP contribution in [0.25, 0.3) is 16.8 Å². The summed E-state index contributed by atoms with van der Waals surface area (Å²) in [5.74, 6) is -2.18. The molecule has 0 saturated heterocycles. The van der Waals surface area contributed by atoms with Crippen LogP contribution in [0.2, 0.25) is 0 Å². The molecule has 3 N–H and O–H groups in total. The van der Waals surface area contributed by atoms with Crippen molar-refractivity contribution in [1.29, 1.82) is 0 Å². The summed E-state index contributed by atoms with van der Waals surface area (Å²) in [7, 11) is 0. The minimum Gasteiger partial charge on any atom is -0.459 e. The van der Waals surface area contributed by atoms with E-state index in [9.17, 15) is 25.1 Å². The van der Waals surface area contributed by atoms with E-state index in [4.69, 9.17) is 24.2 Å². The predicted molar refractivity (Wildman–Crippen MR) is 319 cm³/mol. The van der Waals surface area contributed by atoms with E-state index in [1.807, 2.05) is 89.8 Å². The molecule has 0 spiro atoms. The highest BCUT2D eigenvalue weighted by Gasteiger charge is 2.65. The highest BCUT2D eigenvalue weighted by Crippen LogP contribution is 2.62. The molecular formula is C67H82N4O10. The molecule has 3 aliphatic rings. The van der Waals surface area contributed by atoms with Gasteiger partial charge in [-0.15, -0.1) is 6.58 Å². The van der Waals surface area contributed by atoms with Crippen LogP contribution >= 0.6 is 0 Å². The lowest BCUT2D eigenvalue weighted by Gasteiger charge is -2.60. The number of rotatable bonds is 32. The first-order chi connectivity index (χ1) is 39.7. The van der Waals surface area contributed by atoms with Crippen molar-refractivity contribution in [3.8, 4) is 11.5 Å². The van der Waals surface area contributed by atoms with Crippen molar-refractivity contribution in [2.75, 3.05) is 26.4 Å². The van der Waals surface area contributed by atoms with Crippen LogP contribution < -0.4 is 14.8 Å². The average Bonchev–Trinajstić information content (AvgIpc) is 1.55. The minimum atomic E-state index is -1.59. The number of nitro benzene ring substituents is 1. The number of nitrogens with one attached hydrogen (secondary N) is 1. The number of unbranched alkanes of at least 4 members (excludes halogenated alkanes) is 11. The zero-order valence-corrected chi connectivity index (χ0v) is 47.1. The molecule has 0 bridgehead atoms. The van der Waals surface area contributed by atoms with Crippen LogP contribution in [0, 0.1) is 27.9 Å². The van der Waals surface area contributed by atoms with Gasteiger partial charge in [0.15, 0.2) is 0 Å². The third-order valence-corrected chi connectivity index (χ3v) is 16.3. The van der Waals surface area contributed by atoms with Gasteiger partial charge in [0.25, 0.3) is 5.69 Å². The van der Waals surface area contributed by atoms with E-state index in [0.29, 0.717) is 42.2 Å². The Morgan fingerprint density at radius 1 is 0.840 bits per heavy atom. The quantitative estimate of drug-likeness (QED) is 0.0123. The molecule has 1 saturated carbocycles. The van der Waals surface area contributed by atoms with E-state index in [1.54, 1.807) is 30.4 Å². The molecular weight excluding hydrogens is 1020 g/mol. The van der Waals surface area contributed by atoms with E-state index >= 15 is 4.79 Å². The van der Waals surface area contributed by atoms with E-state index in [2.05, 4.69) is 24.9 Å². The molecule has 81 heavy (non-hydrogen) atoms. The Balaban J connectivity index is 1.23. The molecule has 0 radical (unpaired) electrons. The van der Waals surface area contributed by atoms with Crippen molar-refractivity contribution in [2.45, 2.75) is 147 Å². The Morgan fingerprint density at radius 2 is 1.54 bits per heavy atom. The summed E-state index contributed by atoms with van der Waals surface area (Å²) >= 11 is 0. The molecule has 0 aromatic heterocycles. The number of aliphatic hydroxyl groups is 2. The third-order valence-electron chi connectivity index (χ3n) is 16.3. The van der Waals surface area contributed by atoms with Gasteiger partial charge in [-0.2, -0.15) is 0 Å². The highest BCUT2D eigenvalue weighted by molar-refractivity contribution is 6.03. The van der Waals surface area contributed by atoms with Crippen LogP contribution in [-0.2, 0) is 27.5 Å². The lowest BCUT2D eigenvalue weighted by molar-refractivity contribution is -0.384. The smallest absolute Gasteiger partial charge is 0.412 e. The van der Waals surface area contributed by atoms with Gasteiger partial charge in [-0.3, -0.25) is 14.9 Å². The standard InChI is InChI=1S/C67H82N4O10/c1-3-5-6-7-8-9-10-11-12-20-40-68-66(75)80-55-37-38-61-59(45-55)64-57(31-19-22-42-73)52(27-18-21-41-72)44-58-60(69-79-48-50-24-14-13-15-25-50)46-62(67(81-61,65(58)64)78-43-4-2)70(47-53-29-23-28-51-26-16-17-30-56(51)53)63(74)39-34-49-32-35-54(36-33-49)71(76)77/h4,13-17,23-26,28-30,32-39,44-45,52,57,62,64-65,72-73H,2-3,5-12,18-22,27,31,40-43,46-48H2,1H3,(H,68,75). The second-order valence-corrected chi connectivity index (χ2v) is 21.8. The Hall–Kier alpha value is -7.13. The number of aliphatic hydroxyl groups excluding tert-OH is 2. The first kappa shape index (κ1) is 60.0. The molecule has 8 rings (SSSR count). The van der Waals surface area contributed by atoms with Crippen LogP contribution in [0.3, 0.4) is 0 Å². The van der Waals surface area contributed by atoms with E-state index in [-0.39, 0.29) is 68.7 Å². The number of fused-ring (bicyclic) bond motifs is 3. The fourth-order valence-corrected chi connectivity index (χ4v) is 12.3. The van der Waals surface area contributed by atoms with E-state index < -0.39 is 28.8 Å². The zero-order chi connectivity index (χ0) is 56.8. The summed E-state index contributed by atoms with van der Waals surface area (Å²) in [6.45, 7) is 7.32. The molecule has 1 aliphatic heterocycles. The zero-order valence-electron chi connectivity index (χ0n) is 47.1. The second-order valence-electron chi connectivity index (χ2n) is 21.8. The fourth-order valence-electron chi connectivity index (χ4n) is 12.3. The van der Waals surface area contributed by atoms with Crippen LogP contribution in [-0.4, -0.2) is 75.9 Å². The lowest BCUT2D eigenvalue weighted by Crippen LogP contribution is -2.70. The molecule has 5 aromatic carbocycles. The van der Waals surface area contributed by atoms with Crippen LogP contribution in [0.1, 0.15) is 144 Å². The Morgan fingerprint density at radius 3 is 2.27 bits per heavy atom. The number of allylic oxidation sites excluding steroid dienone is 1. The van der Waals surface area contributed by atoms with Crippen molar-refractivity contribution in [3.05, 3.63) is 178 Å². The Labute approximate surface area is 478 Å². The van der Waals surface area contributed by atoms with Crippen molar-refractivity contribution in [2.24, 2.45) is 22.9 Å². The van der Waals surface area contributed by atoms with Crippen molar-refractivity contribution < 1.29 is 43.8 Å². The number of carbonyl (C=O) groups is 2. The molecule has 6 unspecified atom stereocenters. The van der Waals surface area contributed by atoms with Gasteiger partial charge in [0, 0.05) is 62.4 Å². The van der Waals surface area contributed by atoms with Gasteiger partial charge >= 0.3 is 6.09 Å². The van der Waals surface area contributed by atoms with Gasteiger partial charge in [-0.1, -0.05) is 168 Å². The molecule has 1 heterocycles. The number of nitro groups is 1. The van der Waals surface area contributed by atoms with E-state index in [0.717, 1.165) is 78.0 Å². The molecule has 1 fully saturated rings. The Kier molecular flexibility index (Phi) is 22.7. The lowest BCUT2D eigenvalue weighted by atomic mass is 9.55. The van der Waals surface area contributed by atoms with E-state index in [1.165, 1.54) is 63.2 Å². The number of hydrogen-bond acceptors (Lipinski definition) is 11. The first-order valence-corrected chi connectivity index (χ1v) is 29.6. The predicted octanol–water partition coefficient (Wildman–Crippen LogP) is 14.3. The molecule has 5 aromatic rings. The fraction of sp³-hybridized carbons (Fsp3) is 0.448. The summed E-state index contributed by atoms with van der Waals surface area (Å²) in [6, 6.07) is 34.6. The number of hydrogen-bond donors (Lipinski definition) is 3. The van der Waals surface area contributed by atoms with Crippen molar-refractivity contribution in [3.63, 3.8) is 0 Å². The molecule has 14 heteroatoms. The summed E-state index contributed by atoms with van der Waals surface area (Å²) in [6.07, 6.45) is 22.8. The van der Waals surface area contributed by atoms with Gasteiger partial charge in [-0.05, 0) is 113 Å². The Bertz CT molecular complexity index is 2940. The van der Waals surface area contributed by atoms with Crippen LogP contribution in [0.4, 0.5) is 10.5 Å². The largest absolute Gasteiger partial charge is 0.459 e. The number of non-ortho nitro benzene ring substituents is 1. The number of benzene rings is 5. The minimum absolute atomic E-state index is 0.0302. The third kappa shape index (κ3) is 15.7. The van der Waals surface area contributed by atoms with Crippen molar-refractivity contribution in [1.82, 2.24) is 10.2 Å². The maximum Gasteiger partial charge on any atom is 0.412 e. The van der Waals surface area contributed by atoms with Gasteiger partial charge in [0.2, 0.25) is 11.7 Å². The second kappa shape index (κ2) is 30.6. The van der Waals surface area contributed by atoms with Gasteiger partial charge in [0.05, 0.1) is 23.2 Å². The monoisotopic (exact) mass is 1100 g/mol. The van der Waals surface area contributed by atoms with Gasteiger partial charge in [0.1, 0.15) is 24.1 Å². The number of ether oxygens (including phenoxy) is 3. The normalized spacial score (nSPS) is 20.5. The molecule has 2 aliphatic carbocycles. The van der Waals surface area contributed by atoms with Gasteiger partial charge < -0.3 is 39.5 Å². The molecule has 2 amide bonds. The SMILES string of the molecule is C=CCOC12Oc3ccc(OC(=O)NCCCCCCCCCCCC)cc3C3C(CCCCO)C(CCCCO)C=C(C(=NOCc4ccccc4)CC1N(Cc1cccc4ccccc14)C(=O)C=Cc1ccc([N+](=O)[O-])cc1)C32. The summed E-state index contributed by atoms with van der Waals surface area (Å²) in [5.41, 5.74) is 4.67. The average molecular weight is 1100 g/mol. The number of amides is 2. The van der Waals surface area contributed by atoms with Crippen LogP contribution in [0.15, 0.2) is 151 Å². The van der Waals surface area contributed by atoms with Gasteiger partial charge in [-0.25, -0.2) is 4.79 Å². The van der Waals surface area contributed by atoms with Crippen molar-refractivity contribution >= 4 is 40.2 Å².